The number of hydrogen-bond donors (Lipinski definition) is 1. The lowest BCUT2D eigenvalue weighted by atomic mass is 10.0. The molecule has 1 amide bonds. The lowest BCUT2D eigenvalue weighted by molar-refractivity contribution is -0.145. The summed E-state index contributed by atoms with van der Waals surface area (Å²) in [5.41, 5.74) is 4.08. The van der Waals surface area contributed by atoms with Gasteiger partial charge < -0.3 is 10.1 Å². The molecule has 0 saturated carbocycles. The first kappa shape index (κ1) is 21.3. The molecule has 0 radical (unpaired) electrons. The minimum atomic E-state index is -0.740. The Kier molecular flexibility index (Phi) is 6.61. The molecule has 32 heavy (non-hydrogen) atoms. The smallest absolute Gasteiger partial charge is 0.328 e. The van der Waals surface area contributed by atoms with Crippen molar-refractivity contribution in [3.63, 3.8) is 0 Å². The highest BCUT2D eigenvalue weighted by Gasteiger charge is 2.22. The van der Waals surface area contributed by atoms with Crippen LogP contribution in [-0.4, -0.2) is 25.0 Å². The monoisotopic (exact) mass is 423 g/mol. The van der Waals surface area contributed by atoms with E-state index in [4.69, 9.17) is 4.74 Å². The molecule has 0 aliphatic carbocycles. The SMILES string of the molecule is COC(=O)[C@H](Cc1ccc(-c2ccccc2)cc1)NC(=O)Cc1ccc2ccccc2c1. The van der Waals surface area contributed by atoms with Crippen LogP contribution in [0, 0.1) is 0 Å². The van der Waals surface area contributed by atoms with Gasteiger partial charge in [0.25, 0.3) is 0 Å². The molecule has 1 N–H and O–H groups in total. The molecular formula is C28H25NO3. The topological polar surface area (TPSA) is 55.4 Å². The van der Waals surface area contributed by atoms with E-state index in [9.17, 15) is 9.59 Å². The highest BCUT2D eigenvalue weighted by atomic mass is 16.5. The van der Waals surface area contributed by atoms with E-state index in [-0.39, 0.29) is 12.3 Å². The van der Waals surface area contributed by atoms with Gasteiger partial charge in [0.1, 0.15) is 6.04 Å². The zero-order chi connectivity index (χ0) is 22.3. The van der Waals surface area contributed by atoms with Crippen molar-refractivity contribution in [3.05, 3.63) is 108 Å². The number of nitrogens with one attached hydrogen (secondary N) is 1. The lowest BCUT2D eigenvalue weighted by Gasteiger charge is -2.17. The molecule has 4 heteroatoms. The van der Waals surface area contributed by atoms with Crippen molar-refractivity contribution in [1.29, 1.82) is 0 Å². The van der Waals surface area contributed by atoms with Gasteiger partial charge in [-0.2, -0.15) is 0 Å². The zero-order valence-electron chi connectivity index (χ0n) is 18.0. The van der Waals surface area contributed by atoms with E-state index in [1.807, 2.05) is 84.9 Å². The van der Waals surface area contributed by atoms with Crippen molar-refractivity contribution in [2.45, 2.75) is 18.9 Å². The molecule has 1 atom stereocenters. The van der Waals surface area contributed by atoms with Crippen molar-refractivity contribution in [3.8, 4) is 11.1 Å². The molecule has 4 aromatic carbocycles. The summed E-state index contributed by atoms with van der Waals surface area (Å²) >= 11 is 0. The summed E-state index contributed by atoms with van der Waals surface area (Å²) in [4.78, 5) is 25.0. The second kappa shape index (κ2) is 9.92. The van der Waals surface area contributed by atoms with E-state index >= 15 is 0 Å². The third kappa shape index (κ3) is 5.22. The van der Waals surface area contributed by atoms with Crippen LogP contribution in [0.5, 0.6) is 0 Å². The number of carbonyl (C=O) groups excluding carboxylic acids is 2. The molecule has 4 rings (SSSR count). The zero-order valence-corrected chi connectivity index (χ0v) is 18.0. The number of benzene rings is 4. The maximum absolute atomic E-state index is 12.7. The average Bonchev–Trinajstić information content (AvgIpc) is 2.84. The van der Waals surface area contributed by atoms with Crippen LogP contribution < -0.4 is 5.32 Å². The second-order valence-corrected chi connectivity index (χ2v) is 7.77. The largest absolute Gasteiger partial charge is 0.467 e. The Bertz CT molecular complexity index is 1220. The van der Waals surface area contributed by atoms with Crippen LogP contribution in [0.1, 0.15) is 11.1 Å². The summed E-state index contributed by atoms with van der Waals surface area (Å²) in [5.74, 6) is -0.666. The van der Waals surface area contributed by atoms with Gasteiger partial charge in [-0.15, -0.1) is 0 Å². The van der Waals surface area contributed by atoms with Gasteiger partial charge in [-0.3, -0.25) is 4.79 Å². The molecule has 0 heterocycles. The molecule has 0 unspecified atom stereocenters. The summed E-state index contributed by atoms with van der Waals surface area (Å²) in [6.45, 7) is 0. The van der Waals surface area contributed by atoms with Crippen LogP contribution >= 0.6 is 0 Å². The van der Waals surface area contributed by atoms with Gasteiger partial charge in [-0.25, -0.2) is 4.79 Å². The molecule has 0 bridgehead atoms. The molecule has 4 nitrogen and oxygen atoms in total. The number of carbonyl (C=O) groups is 2. The molecule has 160 valence electrons. The Morgan fingerprint density at radius 1 is 0.750 bits per heavy atom. The van der Waals surface area contributed by atoms with Crippen LogP contribution in [0.15, 0.2) is 97.1 Å². The maximum atomic E-state index is 12.7. The Morgan fingerprint density at radius 2 is 1.38 bits per heavy atom. The van der Waals surface area contributed by atoms with E-state index in [1.54, 1.807) is 0 Å². The molecular weight excluding hydrogens is 398 g/mol. The number of fused-ring (bicyclic) bond motifs is 1. The Labute approximate surface area is 187 Å². The fourth-order valence-electron chi connectivity index (χ4n) is 3.81. The average molecular weight is 424 g/mol. The van der Waals surface area contributed by atoms with Crippen LogP contribution in [0.2, 0.25) is 0 Å². The van der Waals surface area contributed by atoms with Crippen molar-refractivity contribution in [2.75, 3.05) is 7.11 Å². The standard InChI is InChI=1S/C28H25NO3/c1-32-28(31)26(18-20-11-14-24(15-12-20)22-7-3-2-4-8-22)29-27(30)19-21-13-16-23-9-5-6-10-25(23)17-21/h2-17,26H,18-19H2,1H3,(H,29,30)/t26-/m0/s1. The molecule has 0 saturated heterocycles. The van der Waals surface area contributed by atoms with Crippen LogP contribution in [0.25, 0.3) is 21.9 Å². The van der Waals surface area contributed by atoms with Gasteiger partial charge in [0.2, 0.25) is 5.91 Å². The van der Waals surface area contributed by atoms with Crippen LogP contribution in [0.4, 0.5) is 0 Å². The highest BCUT2D eigenvalue weighted by molar-refractivity contribution is 5.88. The summed E-state index contributed by atoms with van der Waals surface area (Å²) in [6.07, 6.45) is 0.566. The molecule has 0 aromatic heterocycles. The van der Waals surface area contributed by atoms with Crippen LogP contribution in [-0.2, 0) is 27.2 Å². The predicted octanol–water partition coefficient (Wildman–Crippen LogP) is 4.95. The Morgan fingerprint density at radius 3 is 2.09 bits per heavy atom. The Hall–Kier alpha value is -3.92. The highest BCUT2D eigenvalue weighted by Crippen LogP contribution is 2.20. The summed E-state index contributed by atoms with van der Waals surface area (Å²) in [5, 5.41) is 5.06. The third-order valence-corrected chi connectivity index (χ3v) is 5.50. The number of esters is 1. The van der Waals surface area contributed by atoms with Gasteiger partial charge in [0.05, 0.1) is 13.5 Å². The third-order valence-electron chi connectivity index (χ3n) is 5.50. The van der Waals surface area contributed by atoms with Crippen LogP contribution in [0.3, 0.4) is 0 Å². The van der Waals surface area contributed by atoms with Crippen molar-refractivity contribution >= 4 is 22.6 Å². The second-order valence-electron chi connectivity index (χ2n) is 7.77. The first-order valence-corrected chi connectivity index (χ1v) is 10.6. The van der Waals surface area contributed by atoms with Gasteiger partial charge in [-0.05, 0) is 33.0 Å². The first-order valence-electron chi connectivity index (χ1n) is 10.6. The van der Waals surface area contributed by atoms with E-state index in [0.29, 0.717) is 6.42 Å². The Balaban J connectivity index is 1.43. The molecule has 4 aromatic rings. The predicted molar refractivity (Wildman–Crippen MR) is 127 cm³/mol. The number of methoxy groups -OCH3 is 1. The normalized spacial score (nSPS) is 11.7. The molecule has 0 aliphatic rings. The number of ether oxygens (including phenoxy) is 1. The minimum absolute atomic E-state index is 0.200. The maximum Gasteiger partial charge on any atom is 0.328 e. The van der Waals surface area contributed by atoms with E-state index in [0.717, 1.165) is 33.0 Å². The summed E-state index contributed by atoms with van der Waals surface area (Å²) in [6, 6.07) is 31.3. The molecule has 0 spiro atoms. The number of amides is 1. The first-order chi connectivity index (χ1) is 15.6. The molecule has 0 aliphatic heterocycles. The van der Waals surface area contributed by atoms with Gasteiger partial charge in [-0.1, -0.05) is 97.1 Å². The number of rotatable bonds is 7. The van der Waals surface area contributed by atoms with Crippen molar-refractivity contribution < 1.29 is 14.3 Å². The lowest BCUT2D eigenvalue weighted by Crippen LogP contribution is -2.43. The minimum Gasteiger partial charge on any atom is -0.467 e. The summed E-state index contributed by atoms with van der Waals surface area (Å²) in [7, 11) is 1.34. The quantitative estimate of drug-likeness (QED) is 0.428. The van der Waals surface area contributed by atoms with Gasteiger partial charge >= 0.3 is 5.97 Å². The van der Waals surface area contributed by atoms with Gasteiger partial charge in [0, 0.05) is 6.42 Å². The summed E-state index contributed by atoms with van der Waals surface area (Å²) < 4.78 is 4.93. The van der Waals surface area contributed by atoms with Crippen molar-refractivity contribution in [2.24, 2.45) is 0 Å². The van der Waals surface area contributed by atoms with E-state index in [2.05, 4.69) is 17.4 Å². The van der Waals surface area contributed by atoms with E-state index < -0.39 is 12.0 Å². The van der Waals surface area contributed by atoms with Gasteiger partial charge in [0.15, 0.2) is 0 Å². The van der Waals surface area contributed by atoms with E-state index in [1.165, 1.54) is 7.11 Å². The fourth-order valence-corrected chi connectivity index (χ4v) is 3.81. The molecule has 0 fully saturated rings. The fraction of sp³-hybridized carbons (Fsp3) is 0.143. The van der Waals surface area contributed by atoms with Crippen molar-refractivity contribution in [1.82, 2.24) is 5.32 Å². The number of hydrogen-bond acceptors (Lipinski definition) is 3.